The Kier molecular flexibility index (Phi) is 4.86. The van der Waals surface area contributed by atoms with Crippen molar-refractivity contribution < 1.29 is 18.7 Å². The molecule has 0 bridgehead atoms. The molecule has 3 heterocycles. The summed E-state index contributed by atoms with van der Waals surface area (Å²) in [5.74, 6) is 2.00. The summed E-state index contributed by atoms with van der Waals surface area (Å²) in [5, 5.41) is 0. The molecule has 0 N–H and O–H groups in total. The van der Waals surface area contributed by atoms with Crippen LogP contribution in [-0.2, 0) is 0 Å². The molecule has 1 spiro atoms. The zero-order valence-electron chi connectivity index (χ0n) is 15.2. The summed E-state index contributed by atoms with van der Waals surface area (Å²) in [5.41, 5.74) is 0.661. The second kappa shape index (κ2) is 7.31. The number of furan rings is 1. The number of methoxy groups -OCH3 is 1. The third kappa shape index (κ3) is 3.32. The highest BCUT2D eigenvalue weighted by Gasteiger charge is 2.47. The highest BCUT2D eigenvalue weighted by Crippen LogP contribution is 2.44. The smallest absolute Gasteiger partial charge is 0.290 e. The summed E-state index contributed by atoms with van der Waals surface area (Å²) in [6, 6.07) is 10.6. The van der Waals surface area contributed by atoms with Gasteiger partial charge in [0.05, 0.1) is 18.2 Å². The fraction of sp³-hybridized carbons (Fsp3) is 0.400. The van der Waals surface area contributed by atoms with Crippen molar-refractivity contribution in [1.29, 1.82) is 0 Å². The van der Waals surface area contributed by atoms with Crippen molar-refractivity contribution in [3.8, 4) is 5.75 Å². The standard InChI is InChI=1S/C20H22N2O4S/c1-25-16-6-4-15(5-7-16)18(23)21-10-8-20(9-11-21)22(12-14-27-20)19(24)17-3-2-13-26-17/h2-7,13H,8-12,14H2,1H3. The summed E-state index contributed by atoms with van der Waals surface area (Å²) >= 11 is 1.82. The summed E-state index contributed by atoms with van der Waals surface area (Å²) < 4.78 is 10.5. The number of amides is 2. The number of thioether (sulfide) groups is 1. The van der Waals surface area contributed by atoms with E-state index in [2.05, 4.69) is 0 Å². The Morgan fingerprint density at radius 1 is 1.07 bits per heavy atom. The minimum absolute atomic E-state index is 0.0272. The number of carbonyl (C=O) groups is 2. The third-order valence-corrected chi connectivity index (χ3v) is 6.88. The lowest BCUT2D eigenvalue weighted by atomic mass is 10.0. The van der Waals surface area contributed by atoms with Crippen LogP contribution in [-0.4, -0.2) is 59.0 Å². The van der Waals surface area contributed by atoms with Crippen molar-refractivity contribution in [1.82, 2.24) is 9.80 Å². The van der Waals surface area contributed by atoms with E-state index in [1.807, 2.05) is 21.6 Å². The van der Waals surface area contributed by atoms with Gasteiger partial charge in [-0.1, -0.05) is 0 Å². The minimum atomic E-state index is -0.236. The van der Waals surface area contributed by atoms with Gasteiger partial charge in [0.2, 0.25) is 0 Å². The molecule has 0 saturated carbocycles. The Morgan fingerprint density at radius 3 is 2.44 bits per heavy atom. The van der Waals surface area contributed by atoms with E-state index in [9.17, 15) is 9.59 Å². The van der Waals surface area contributed by atoms with Crippen molar-refractivity contribution in [2.24, 2.45) is 0 Å². The van der Waals surface area contributed by atoms with E-state index >= 15 is 0 Å². The Balaban J connectivity index is 1.44. The Bertz CT molecular complexity index is 811. The summed E-state index contributed by atoms with van der Waals surface area (Å²) in [6.07, 6.45) is 3.07. The molecule has 2 fully saturated rings. The van der Waals surface area contributed by atoms with Gasteiger partial charge in [-0.3, -0.25) is 9.59 Å². The maximum absolute atomic E-state index is 12.8. The SMILES string of the molecule is COc1ccc(C(=O)N2CCC3(CC2)SCCN3C(=O)c2ccco2)cc1. The van der Waals surface area contributed by atoms with Gasteiger partial charge in [-0.05, 0) is 49.2 Å². The zero-order chi connectivity index (χ0) is 18.9. The second-order valence-corrected chi connectivity index (χ2v) is 8.21. The van der Waals surface area contributed by atoms with Gasteiger partial charge in [-0.2, -0.15) is 0 Å². The Morgan fingerprint density at radius 2 is 1.81 bits per heavy atom. The van der Waals surface area contributed by atoms with Gasteiger partial charge >= 0.3 is 0 Å². The lowest BCUT2D eigenvalue weighted by Crippen LogP contribution is -2.53. The number of benzene rings is 1. The number of ether oxygens (including phenoxy) is 1. The van der Waals surface area contributed by atoms with Crippen LogP contribution in [0.2, 0.25) is 0 Å². The molecule has 0 atom stereocenters. The molecular weight excluding hydrogens is 364 g/mol. The van der Waals surface area contributed by atoms with Crippen molar-refractivity contribution in [3.05, 3.63) is 54.0 Å². The molecule has 1 aromatic carbocycles. The fourth-order valence-corrected chi connectivity index (χ4v) is 5.27. The monoisotopic (exact) mass is 386 g/mol. The lowest BCUT2D eigenvalue weighted by molar-refractivity contribution is 0.0477. The molecule has 0 radical (unpaired) electrons. The van der Waals surface area contributed by atoms with Gasteiger partial charge in [0.15, 0.2) is 5.76 Å². The van der Waals surface area contributed by atoms with E-state index < -0.39 is 0 Å². The summed E-state index contributed by atoms with van der Waals surface area (Å²) in [4.78, 5) is 29.2. The van der Waals surface area contributed by atoms with Crippen LogP contribution in [0.1, 0.15) is 33.8 Å². The molecule has 2 aromatic rings. The highest BCUT2D eigenvalue weighted by molar-refractivity contribution is 8.00. The summed E-state index contributed by atoms with van der Waals surface area (Å²) in [6.45, 7) is 2.00. The van der Waals surface area contributed by atoms with Crippen molar-refractivity contribution in [2.75, 3.05) is 32.5 Å². The minimum Gasteiger partial charge on any atom is -0.497 e. The molecule has 4 rings (SSSR count). The van der Waals surface area contributed by atoms with Crippen molar-refractivity contribution in [2.45, 2.75) is 17.7 Å². The quantitative estimate of drug-likeness (QED) is 0.811. The molecule has 2 aliphatic heterocycles. The Hall–Kier alpha value is -2.41. The number of hydrogen-bond acceptors (Lipinski definition) is 5. The molecule has 6 nitrogen and oxygen atoms in total. The van der Waals surface area contributed by atoms with E-state index in [4.69, 9.17) is 9.15 Å². The normalized spacial score (nSPS) is 18.7. The molecule has 2 aliphatic rings. The van der Waals surface area contributed by atoms with Crippen LogP contribution in [0.15, 0.2) is 47.1 Å². The van der Waals surface area contributed by atoms with E-state index in [1.54, 1.807) is 43.5 Å². The van der Waals surface area contributed by atoms with Gasteiger partial charge in [0, 0.05) is 31.0 Å². The van der Waals surface area contributed by atoms with Gasteiger partial charge < -0.3 is 19.0 Å². The lowest BCUT2D eigenvalue weighted by Gasteiger charge is -2.43. The predicted octanol–water partition coefficient (Wildman–Crippen LogP) is 3.11. The second-order valence-electron chi connectivity index (χ2n) is 6.75. The van der Waals surface area contributed by atoms with Crippen LogP contribution in [0, 0.1) is 0 Å². The molecular formula is C20H22N2O4S. The van der Waals surface area contributed by atoms with E-state index in [-0.39, 0.29) is 16.7 Å². The molecule has 27 heavy (non-hydrogen) atoms. The molecule has 2 amide bonds. The zero-order valence-corrected chi connectivity index (χ0v) is 16.0. The number of likely N-dealkylation sites (tertiary alicyclic amines) is 1. The van der Waals surface area contributed by atoms with Crippen molar-refractivity contribution >= 4 is 23.6 Å². The first kappa shape index (κ1) is 18.0. The van der Waals surface area contributed by atoms with Crippen LogP contribution in [0.3, 0.4) is 0 Å². The molecule has 1 aromatic heterocycles. The van der Waals surface area contributed by atoms with Crippen LogP contribution < -0.4 is 4.74 Å². The van der Waals surface area contributed by atoms with Crippen LogP contribution in [0.25, 0.3) is 0 Å². The number of carbonyl (C=O) groups excluding carboxylic acids is 2. The number of piperidine rings is 1. The molecule has 0 unspecified atom stereocenters. The first-order valence-corrected chi connectivity index (χ1v) is 10.0. The van der Waals surface area contributed by atoms with E-state index in [1.165, 1.54) is 6.26 Å². The molecule has 0 aliphatic carbocycles. The van der Waals surface area contributed by atoms with Crippen molar-refractivity contribution in [3.63, 3.8) is 0 Å². The topological polar surface area (TPSA) is 63.0 Å². The van der Waals surface area contributed by atoms with Crippen LogP contribution >= 0.6 is 11.8 Å². The van der Waals surface area contributed by atoms with Gasteiger partial charge in [-0.15, -0.1) is 11.8 Å². The highest BCUT2D eigenvalue weighted by atomic mass is 32.2. The largest absolute Gasteiger partial charge is 0.497 e. The van der Waals surface area contributed by atoms with Crippen LogP contribution in [0.5, 0.6) is 5.75 Å². The number of hydrogen-bond donors (Lipinski definition) is 0. The van der Waals surface area contributed by atoms with E-state index in [0.29, 0.717) is 24.4 Å². The first-order valence-electron chi connectivity index (χ1n) is 9.06. The van der Waals surface area contributed by atoms with Gasteiger partial charge in [0.25, 0.3) is 11.8 Å². The maximum atomic E-state index is 12.8. The van der Waals surface area contributed by atoms with Gasteiger partial charge in [-0.25, -0.2) is 0 Å². The van der Waals surface area contributed by atoms with E-state index in [0.717, 1.165) is 30.9 Å². The van der Waals surface area contributed by atoms with Crippen LogP contribution in [0.4, 0.5) is 0 Å². The summed E-state index contributed by atoms with van der Waals surface area (Å²) in [7, 11) is 1.61. The molecule has 142 valence electrons. The Labute approximate surface area is 162 Å². The first-order chi connectivity index (χ1) is 13.1. The molecule has 7 heteroatoms. The van der Waals surface area contributed by atoms with Gasteiger partial charge in [0.1, 0.15) is 5.75 Å². The predicted molar refractivity (Wildman–Crippen MR) is 103 cm³/mol. The number of nitrogens with zero attached hydrogens (tertiary/aromatic N) is 2. The molecule has 2 saturated heterocycles. The third-order valence-electron chi connectivity index (χ3n) is 5.32. The maximum Gasteiger partial charge on any atom is 0.290 e. The average molecular weight is 386 g/mol. The number of rotatable bonds is 3. The fourth-order valence-electron chi connectivity index (χ4n) is 3.82. The average Bonchev–Trinajstić information content (AvgIpc) is 3.38.